The van der Waals surface area contributed by atoms with E-state index in [1.807, 2.05) is 36.5 Å². The molecule has 1 aromatic rings. The number of nitrogens with one attached hydrogen (secondary N) is 1. The molecule has 0 bridgehead atoms. The van der Waals surface area contributed by atoms with Crippen LogP contribution in [0.15, 0.2) is 24.3 Å². The second kappa shape index (κ2) is 7.01. The summed E-state index contributed by atoms with van der Waals surface area (Å²) in [4.78, 5) is 11.8. The fourth-order valence-corrected chi connectivity index (χ4v) is 1.76. The number of hydrogen-bond acceptors (Lipinski definition) is 2. The number of ether oxygens (including phenoxy) is 1. The number of nitrogens with two attached hydrogens (primary N) is 1. The number of methoxy groups -OCH3 is 1. The molecule has 0 aliphatic carbocycles. The third-order valence-corrected chi connectivity index (χ3v) is 2.71. The molecule has 100 valence electrons. The van der Waals surface area contributed by atoms with Crippen LogP contribution in [0.1, 0.15) is 26.3 Å². The summed E-state index contributed by atoms with van der Waals surface area (Å²) in [5, 5.41) is 4.98. The van der Waals surface area contributed by atoms with Crippen molar-refractivity contribution in [2.45, 2.75) is 39.4 Å². The van der Waals surface area contributed by atoms with Gasteiger partial charge in [0.1, 0.15) is 5.75 Å². The van der Waals surface area contributed by atoms with Gasteiger partial charge in [0.15, 0.2) is 6.04 Å². The van der Waals surface area contributed by atoms with E-state index in [1.165, 1.54) is 0 Å². The quantitative estimate of drug-likeness (QED) is 0.781. The zero-order valence-corrected chi connectivity index (χ0v) is 11.6. The predicted octanol–water partition coefficient (Wildman–Crippen LogP) is 0.672. The molecular weight excluding hydrogens is 228 g/mol. The normalized spacial score (nSPS) is 12.3. The van der Waals surface area contributed by atoms with Crippen molar-refractivity contribution < 1.29 is 14.8 Å². The molecule has 18 heavy (non-hydrogen) atoms. The molecule has 3 N–H and O–H groups in total. The first-order valence-corrected chi connectivity index (χ1v) is 6.28. The molecule has 0 aliphatic rings. The molecule has 0 radical (unpaired) electrons. The monoisotopic (exact) mass is 251 g/mol. The smallest absolute Gasteiger partial charge is 0.278 e. The number of benzene rings is 1. The zero-order valence-electron chi connectivity index (χ0n) is 11.6. The van der Waals surface area contributed by atoms with Crippen molar-refractivity contribution in [1.29, 1.82) is 0 Å². The van der Waals surface area contributed by atoms with E-state index in [1.54, 1.807) is 7.11 Å². The summed E-state index contributed by atoms with van der Waals surface area (Å²) >= 11 is 0. The van der Waals surface area contributed by atoms with Crippen LogP contribution in [-0.4, -0.2) is 25.1 Å². The van der Waals surface area contributed by atoms with Crippen molar-refractivity contribution in [2.75, 3.05) is 7.11 Å². The Morgan fingerprint density at radius 1 is 1.28 bits per heavy atom. The van der Waals surface area contributed by atoms with E-state index in [0.717, 1.165) is 11.3 Å². The topological polar surface area (TPSA) is 54.9 Å². The van der Waals surface area contributed by atoms with Crippen LogP contribution in [0.3, 0.4) is 0 Å². The van der Waals surface area contributed by atoms with Gasteiger partial charge in [0.25, 0.3) is 5.91 Å². The van der Waals surface area contributed by atoms with Crippen molar-refractivity contribution in [3.8, 4) is 5.75 Å². The third kappa shape index (κ3) is 4.75. The van der Waals surface area contributed by atoms with Gasteiger partial charge >= 0.3 is 0 Å². The minimum absolute atomic E-state index is 0.0525. The van der Waals surface area contributed by atoms with Gasteiger partial charge < -0.3 is 15.4 Å². The Morgan fingerprint density at radius 2 is 1.89 bits per heavy atom. The Bertz CT molecular complexity index is 374. The fourth-order valence-electron chi connectivity index (χ4n) is 1.76. The first kappa shape index (κ1) is 14.5. The molecule has 1 aromatic carbocycles. The lowest BCUT2D eigenvalue weighted by atomic mass is 10.2. The number of hydrogen-bond donors (Lipinski definition) is 2. The van der Waals surface area contributed by atoms with E-state index in [9.17, 15) is 4.79 Å². The molecule has 0 saturated heterocycles. The Hall–Kier alpha value is -1.55. The maximum absolute atomic E-state index is 11.8. The van der Waals surface area contributed by atoms with Crippen LogP contribution in [0.25, 0.3) is 0 Å². The van der Waals surface area contributed by atoms with E-state index >= 15 is 0 Å². The molecule has 0 fully saturated rings. The number of amides is 1. The lowest BCUT2D eigenvalue weighted by Crippen LogP contribution is -2.95. The van der Waals surface area contributed by atoms with Gasteiger partial charge in [0.05, 0.1) is 13.2 Å². The second-order valence-electron chi connectivity index (χ2n) is 4.79. The highest BCUT2D eigenvalue weighted by Crippen LogP contribution is 2.10. The minimum atomic E-state index is -0.0525. The van der Waals surface area contributed by atoms with Gasteiger partial charge in [-0.05, 0) is 38.5 Å². The van der Waals surface area contributed by atoms with Gasteiger partial charge in [-0.3, -0.25) is 4.79 Å². The van der Waals surface area contributed by atoms with Crippen LogP contribution < -0.4 is 15.4 Å². The van der Waals surface area contributed by atoms with Gasteiger partial charge in [-0.25, -0.2) is 0 Å². The lowest BCUT2D eigenvalue weighted by molar-refractivity contribution is -0.700. The van der Waals surface area contributed by atoms with E-state index < -0.39 is 0 Å². The second-order valence-corrected chi connectivity index (χ2v) is 4.79. The maximum atomic E-state index is 11.8. The summed E-state index contributed by atoms with van der Waals surface area (Å²) in [6.07, 6.45) is 0. The van der Waals surface area contributed by atoms with E-state index in [-0.39, 0.29) is 11.9 Å². The molecule has 4 nitrogen and oxygen atoms in total. The SMILES string of the molecule is COc1ccc(CNC(=O)[C@H](C)[NH2+]C(C)C)cc1. The summed E-state index contributed by atoms with van der Waals surface area (Å²) in [5.74, 6) is 0.895. The van der Waals surface area contributed by atoms with Gasteiger partial charge in [-0.2, -0.15) is 0 Å². The number of carbonyl (C=O) groups excluding carboxylic acids is 1. The van der Waals surface area contributed by atoms with Crippen LogP contribution in [0.4, 0.5) is 0 Å². The molecule has 1 rings (SSSR count). The summed E-state index contributed by atoms with van der Waals surface area (Å²) in [5.41, 5.74) is 1.07. The first-order chi connectivity index (χ1) is 8.52. The van der Waals surface area contributed by atoms with Crippen molar-refractivity contribution >= 4 is 5.91 Å². The Labute approximate surface area is 109 Å². The van der Waals surface area contributed by atoms with Crippen LogP contribution in [0.5, 0.6) is 5.75 Å². The molecular formula is C14H23N2O2+. The van der Waals surface area contributed by atoms with Gasteiger partial charge in [-0.15, -0.1) is 0 Å². The Kier molecular flexibility index (Phi) is 5.65. The van der Waals surface area contributed by atoms with Gasteiger partial charge in [0, 0.05) is 6.54 Å². The summed E-state index contributed by atoms with van der Waals surface area (Å²) < 4.78 is 5.08. The van der Waals surface area contributed by atoms with Crippen molar-refractivity contribution in [3.63, 3.8) is 0 Å². The molecule has 0 aromatic heterocycles. The van der Waals surface area contributed by atoms with E-state index in [2.05, 4.69) is 19.2 Å². The van der Waals surface area contributed by atoms with Gasteiger partial charge in [-0.1, -0.05) is 12.1 Å². The first-order valence-electron chi connectivity index (χ1n) is 6.28. The molecule has 4 heteroatoms. The molecule has 0 heterocycles. The third-order valence-electron chi connectivity index (χ3n) is 2.71. The molecule has 0 saturated carbocycles. The van der Waals surface area contributed by atoms with E-state index in [4.69, 9.17) is 4.74 Å². The van der Waals surface area contributed by atoms with Crippen molar-refractivity contribution in [1.82, 2.24) is 5.32 Å². The van der Waals surface area contributed by atoms with Crippen molar-refractivity contribution in [3.05, 3.63) is 29.8 Å². The maximum Gasteiger partial charge on any atom is 0.278 e. The minimum Gasteiger partial charge on any atom is -0.497 e. The predicted molar refractivity (Wildman–Crippen MR) is 71.4 cm³/mol. The van der Waals surface area contributed by atoms with Crippen LogP contribution >= 0.6 is 0 Å². The van der Waals surface area contributed by atoms with E-state index in [0.29, 0.717) is 12.6 Å². The Morgan fingerprint density at radius 3 is 2.39 bits per heavy atom. The van der Waals surface area contributed by atoms with Gasteiger partial charge in [0.2, 0.25) is 0 Å². The average Bonchev–Trinajstić information content (AvgIpc) is 2.35. The molecule has 1 amide bonds. The van der Waals surface area contributed by atoms with Crippen molar-refractivity contribution in [2.24, 2.45) is 0 Å². The lowest BCUT2D eigenvalue weighted by Gasteiger charge is -2.13. The number of quaternary nitrogens is 1. The van der Waals surface area contributed by atoms with Crippen LogP contribution in [-0.2, 0) is 11.3 Å². The largest absolute Gasteiger partial charge is 0.497 e. The fraction of sp³-hybridized carbons (Fsp3) is 0.500. The molecule has 1 atom stereocenters. The standard InChI is InChI=1S/C14H22N2O2/c1-10(2)16-11(3)14(17)15-9-12-5-7-13(18-4)8-6-12/h5-8,10-11,16H,9H2,1-4H3,(H,15,17)/p+1/t11-/m0/s1. The van der Waals surface area contributed by atoms with Crippen LogP contribution in [0, 0.1) is 0 Å². The molecule has 0 aliphatic heterocycles. The Balaban J connectivity index is 2.41. The van der Waals surface area contributed by atoms with Crippen LogP contribution in [0.2, 0.25) is 0 Å². The summed E-state index contributed by atoms with van der Waals surface area (Å²) in [6.45, 7) is 6.63. The molecule has 0 unspecified atom stereocenters. The number of carbonyl (C=O) groups is 1. The zero-order chi connectivity index (χ0) is 13.5. The number of rotatable bonds is 6. The summed E-state index contributed by atoms with van der Waals surface area (Å²) in [7, 11) is 1.64. The highest BCUT2D eigenvalue weighted by atomic mass is 16.5. The summed E-state index contributed by atoms with van der Waals surface area (Å²) in [6, 6.07) is 8.07. The average molecular weight is 251 g/mol. The highest BCUT2D eigenvalue weighted by molar-refractivity contribution is 5.79. The molecule has 0 spiro atoms. The highest BCUT2D eigenvalue weighted by Gasteiger charge is 2.16.